The molecule has 1 aromatic carbocycles. The number of aromatic hydroxyl groups is 1. The van der Waals surface area contributed by atoms with Crippen LogP contribution in [0.15, 0.2) is 36.5 Å². The van der Waals surface area contributed by atoms with Crippen molar-refractivity contribution >= 4 is 23.3 Å². The van der Waals surface area contributed by atoms with Gasteiger partial charge in [0.1, 0.15) is 0 Å². The van der Waals surface area contributed by atoms with Gasteiger partial charge in [-0.1, -0.05) is 6.07 Å². The number of H-pyrrole nitrogens is 1. The van der Waals surface area contributed by atoms with Gasteiger partial charge in [-0.15, -0.1) is 12.4 Å². The van der Waals surface area contributed by atoms with Crippen molar-refractivity contribution in [1.82, 2.24) is 19.8 Å². The molecule has 2 aliphatic rings. The summed E-state index contributed by atoms with van der Waals surface area (Å²) >= 11 is 0. The average molecular weight is 438 g/mol. The fourth-order valence-electron chi connectivity index (χ4n) is 4.98. The molecule has 0 unspecified atom stereocenters. The van der Waals surface area contributed by atoms with Crippen LogP contribution in [0.1, 0.15) is 36.8 Å². The van der Waals surface area contributed by atoms with Gasteiger partial charge in [0.05, 0.1) is 22.9 Å². The van der Waals surface area contributed by atoms with Crippen molar-refractivity contribution < 1.29 is 5.11 Å². The molecule has 2 fully saturated rings. The number of hydrogen-bond acceptors (Lipinski definition) is 5. The number of aromatic amines is 1. The van der Waals surface area contributed by atoms with Gasteiger partial charge < -0.3 is 15.0 Å². The number of benzene rings is 1. The van der Waals surface area contributed by atoms with Gasteiger partial charge in [-0.05, 0) is 81.7 Å². The Morgan fingerprint density at radius 1 is 1.10 bits per heavy atom. The van der Waals surface area contributed by atoms with Crippen molar-refractivity contribution in [2.24, 2.45) is 0 Å². The van der Waals surface area contributed by atoms with E-state index in [1.807, 2.05) is 18.3 Å². The Morgan fingerprint density at radius 3 is 2.55 bits per heavy atom. The molecular formula is C24H28ClN5O. The van der Waals surface area contributed by atoms with E-state index in [9.17, 15) is 10.4 Å². The van der Waals surface area contributed by atoms with Crippen LogP contribution in [0.5, 0.6) is 5.88 Å². The van der Waals surface area contributed by atoms with Gasteiger partial charge in [0.2, 0.25) is 0 Å². The summed E-state index contributed by atoms with van der Waals surface area (Å²) in [7, 11) is 0. The summed E-state index contributed by atoms with van der Waals surface area (Å²) in [6.45, 7) is 5.77. The molecule has 31 heavy (non-hydrogen) atoms. The Labute approximate surface area is 188 Å². The van der Waals surface area contributed by atoms with E-state index in [0.717, 1.165) is 36.6 Å². The minimum atomic E-state index is 0. The second kappa shape index (κ2) is 9.27. The lowest BCUT2D eigenvalue weighted by Crippen LogP contribution is -2.43. The number of hydrogen-bond donors (Lipinski definition) is 2. The van der Waals surface area contributed by atoms with Crippen LogP contribution in [0.25, 0.3) is 22.2 Å². The van der Waals surface area contributed by atoms with Crippen molar-refractivity contribution in [3.63, 3.8) is 0 Å². The van der Waals surface area contributed by atoms with Gasteiger partial charge in [0.25, 0.3) is 0 Å². The predicted octanol–water partition coefficient (Wildman–Crippen LogP) is 4.29. The minimum Gasteiger partial charge on any atom is -0.494 e. The van der Waals surface area contributed by atoms with Crippen LogP contribution in [-0.2, 0) is 6.54 Å². The molecule has 0 atom stereocenters. The first-order valence-corrected chi connectivity index (χ1v) is 10.9. The van der Waals surface area contributed by atoms with E-state index in [2.05, 4.69) is 31.9 Å². The van der Waals surface area contributed by atoms with Crippen LogP contribution in [0.3, 0.4) is 0 Å². The number of likely N-dealkylation sites (tertiary alicyclic amines) is 2. The fraction of sp³-hybridized carbons (Fsp3) is 0.417. The molecular weight excluding hydrogens is 410 g/mol. The second-order valence-corrected chi connectivity index (χ2v) is 8.52. The Hall–Kier alpha value is -2.59. The molecule has 5 rings (SSSR count). The van der Waals surface area contributed by atoms with Gasteiger partial charge in [-0.2, -0.15) is 5.26 Å². The third-order valence-electron chi connectivity index (χ3n) is 6.61. The topological polar surface area (TPSA) is 79.2 Å². The number of pyridine rings is 1. The Morgan fingerprint density at radius 2 is 1.87 bits per heavy atom. The lowest BCUT2D eigenvalue weighted by Gasteiger charge is -2.36. The summed E-state index contributed by atoms with van der Waals surface area (Å²) in [6.07, 6.45) is 7.16. The molecule has 6 nitrogen and oxygen atoms in total. The van der Waals surface area contributed by atoms with E-state index in [4.69, 9.17) is 0 Å². The number of nitrogens with one attached hydrogen (secondary N) is 1. The number of rotatable bonds is 4. The molecule has 2 N–H and O–H groups in total. The predicted molar refractivity (Wildman–Crippen MR) is 124 cm³/mol. The van der Waals surface area contributed by atoms with E-state index in [0.29, 0.717) is 16.8 Å². The molecule has 4 heterocycles. The van der Waals surface area contributed by atoms with E-state index in [-0.39, 0.29) is 18.3 Å². The highest BCUT2D eigenvalue weighted by molar-refractivity contribution is 5.98. The smallest absolute Gasteiger partial charge is 0.199 e. The summed E-state index contributed by atoms with van der Waals surface area (Å²) in [5, 5.41) is 20.4. The maximum atomic E-state index is 10.4. The van der Waals surface area contributed by atoms with Crippen LogP contribution in [0.2, 0.25) is 0 Å². The summed E-state index contributed by atoms with van der Waals surface area (Å²) in [5.41, 5.74) is 3.92. The maximum Gasteiger partial charge on any atom is 0.199 e. The zero-order chi connectivity index (χ0) is 20.5. The van der Waals surface area contributed by atoms with Crippen LogP contribution < -0.4 is 0 Å². The molecule has 7 heteroatoms. The molecule has 0 radical (unpaired) electrons. The summed E-state index contributed by atoms with van der Waals surface area (Å²) < 4.78 is 0. The number of nitriles is 1. The van der Waals surface area contributed by atoms with Crippen molar-refractivity contribution in [3.8, 4) is 23.2 Å². The highest BCUT2D eigenvalue weighted by Crippen LogP contribution is 2.36. The monoisotopic (exact) mass is 437 g/mol. The third-order valence-corrected chi connectivity index (χ3v) is 6.61. The van der Waals surface area contributed by atoms with E-state index >= 15 is 0 Å². The van der Waals surface area contributed by atoms with Gasteiger partial charge in [0, 0.05) is 29.7 Å². The number of halogens is 1. The first-order valence-electron chi connectivity index (χ1n) is 10.9. The summed E-state index contributed by atoms with van der Waals surface area (Å²) in [4.78, 5) is 12.8. The molecule has 0 aliphatic carbocycles. The average Bonchev–Trinajstić information content (AvgIpc) is 3.42. The van der Waals surface area contributed by atoms with E-state index in [1.165, 1.54) is 44.3 Å². The number of fused-ring (bicyclic) bond motifs is 1. The molecule has 2 aliphatic heterocycles. The highest BCUT2D eigenvalue weighted by atomic mass is 35.5. The van der Waals surface area contributed by atoms with Crippen LogP contribution in [0.4, 0.5) is 0 Å². The number of aromatic nitrogens is 2. The quantitative estimate of drug-likeness (QED) is 0.636. The summed E-state index contributed by atoms with van der Waals surface area (Å²) in [5.74, 6) is 0.0873. The first kappa shape index (κ1) is 21.6. The van der Waals surface area contributed by atoms with Gasteiger partial charge in [-0.25, -0.2) is 0 Å². The molecule has 0 saturated carbocycles. The maximum absolute atomic E-state index is 10.4. The minimum absolute atomic E-state index is 0. The van der Waals surface area contributed by atoms with E-state index < -0.39 is 0 Å². The molecule has 2 aromatic heterocycles. The van der Waals surface area contributed by atoms with Gasteiger partial charge >= 0.3 is 0 Å². The number of nitrogens with zero attached hydrogens (tertiary/aromatic N) is 4. The van der Waals surface area contributed by atoms with Crippen molar-refractivity contribution in [2.45, 2.75) is 38.3 Å². The molecule has 2 saturated heterocycles. The number of piperidine rings is 1. The SMILES string of the molecule is Cl.N#Cc1ccc2[nH]c(O)c(-c3ccc(CN4CCC(N5CCCC5)CC4)cn3)c2c1. The van der Waals surface area contributed by atoms with Gasteiger partial charge in [0.15, 0.2) is 5.88 Å². The van der Waals surface area contributed by atoms with Crippen LogP contribution in [0, 0.1) is 11.3 Å². The second-order valence-electron chi connectivity index (χ2n) is 8.52. The Kier molecular flexibility index (Phi) is 6.47. The highest BCUT2D eigenvalue weighted by Gasteiger charge is 2.26. The Balaban J connectivity index is 0.00000231. The fourth-order valence-corrected chi connectivity index (χ4v) is 4.98. The zero-order valence-corrected chi connectivity index (χ0v) is 18.4. The lowest BCUT2D eigenvalue weighted by atomic mass is 10.0. The molecule has 0 amide bonds. The third kappa shape index (κ3) is 4.40. The molecule has 3 aromatic rings. The first-order chi connectivity index (χ1) is 14.7. The Bertz CT molecular complexity index is 1070. The van der Waals surface area contributed by atoms with Gasteiger partial charge in [-0.3, -0.25) is 9.88 Å². The molecule has 0 bridgehead atoms. The lowest BCUT2D eigenvalue weighted by molar-refractivity contribution is 0.122. The molecule has 0 spiro atoms. The van der Waals surface area contributed by atoms with Crippen molar-refractivity contribution in [2.75, 3.05) is 26.2 Å². The largest absolute Gasteiger partial charge is 0.494 e. The zero-order valence-electron chi connectivity index (χ0n) is 17.5. The standard InChI is InChI=1S/C24H27N5O.ClH/c25-14-17-3-5-21-20(13-17)23(24(30)27-21)22-6-4-18(15-26-22)16-28-11-7-19(8-12-28)29-9-1-2-10-29;/h3-6,13,15,19,27,30H,1-2,7-12,16H2;1H. The normalized spacial score (nSPS) is 18.2. The van der Waals surface area contributed by atoms with Crippen molar-refractivity contribution in [1.29, 1.82) is 5.26 Å². The van der Waals surface area contributed by atoms with Crippen LogP contribution >= 0.6 is 12.4 Å². The van der Waals surface area contributed by atoms with Crippen LogP contribution in [-0.4, -0.2) is 57.1 Å². The van der Waals surface area contributed by atoms with Crippen molar-refractivity contribution in [3.05, 3.63) is 47.7 Å². The summed E-state index contributed by atoms with van der Waals surface area (Å²) in [6, 6.07) is 12.3. The molecule has 162 valence electrons. The van der Waals surface area contributed by atoms with E-state index in [1.54, 1.807) is 12.1 Å².